The molecule has 3 nitrogen and oxygen atoms in total. The Balaban J connectivity index is 2.47. The minimum absolute atomic E-state index is 0.245. The highest BCUT2D eigenvalue weighted by atomic mass is 79.9. The fraction of sp³-hybridized carbons (Fsp3) is 0.278. The van der Waals surface area contributed by atoms with Gasteiger partial charge in [-0.2, -0.15) is 5.10 Å². The summed E-state index contributed by atoms with van der Waals surface area (Å²) in [6, 6.07) is 0. The van der Waals surface area contributed by atoms with Crippen LogP contribution in [0.5, 0.6) is 0 Å². The van der Waals surface area contributed by atoms with Gasteiger partial charge >= 0.3 is 0 Å². The first-order valence-corrected chi connectivity index (χ1v) is 9.04. The lowest BCUT2D eigenvalue weighted by molar-refractivity contribution is 0.577. The number of allylic oxidation sites excluding steroid dienone is 8. The molecule has 25 heavy (non-hydrogen) atoms. The van der Waals surface area contributed by atoms with Gasteiger partial charge in [-0.05, 0) is 36.9 Å². The lowest BCUT2D eigenvalue weighted by Crippen LogP contribution is -2.10. The number of anilines is 1. The highest BCUT2D eigenvalue weighted by Gasteiger charge is 2.21. The third-order valence-electron chi connectivity index (χ3n) is 3.77. The predicted molar refractivity (Wildman–Crippen MR) is 104 cm³/mol. The number of hydrogen-bond donors (Lipinski definition) is 1. The second-order valence-electron chi connectivity index (χ2n) is 5.50. The highest BCUT2D eigenvalue weighted by molar-refractivity contribution is 9.11. The lowest BCUT2D eigenvalue weighted by Gasteiger charge is -2.17. The molecule has 0 unspecified atom stereocenters. The summed E-state index contributed by atoms with van der Waals surface area (Å²) in [6.07, 6.45) is 7.01. The first kappa shape index (κ1) is 19.7. The zero-order valence-electron chi connectivity index (χ0n) is 14.2. The van der Waals surface area contributed by atoms with E-state index in [1.165, 1.54) is 12.2 Å². The summed E-state index contributed by atoms with van der Waals surface area (Å²) in [5, 5.41) is 7.78. The number of aryl methyl sites for hydroxylation is 2. The van der Waals surface area contributed by atoms with Gasteiger partial charge in [-0.1, -0.05) is 45.8 Å². The first-order valence-electron chi connectivity index (χ1n) is 7.75. The van der Waals surface area contributed by atoms with Crippen LogP contribution in [-0.2, 0) is 7.05 Å². The van der Waals surface area contributed by atoms with Crippen LogP contribution in [-0.4, -0.2) is 9.78 Å². The van der Waals surface area contributed by atoms with Crippen molar-refractivity contribution in [1.82, 2.24) is 9.78 Å². The van der Waals surface area contributed by atoms with Gasteiger partial charge in [0.1, 0.15) is 17.5 Å². The average Bonchev–Trinajstić information content (AvgIpc) is 2.85. The molecule has 1 aromatic heterocycles. The van der Waals surface area contributed by atoms with E-state index >= 15 is 0 Å². The Morgan fingerprint density at radius 3 is 2.76 bits per heavy atom. The average molecular weight is 431 g/mol. The maximum Gasteiger partial charge on any atom is 0.136 e. The smallest absolute Gasteiger partial charge is 0.136 e. The zero-order chi connectivity index (χ0) is 18.6. The molecule has 0 atom stereocenters. The van der Waals surface area contributed by atoms with E-state index in [9.17, 15) is 8.78 Å². The highest BCUT2D eigenvalue weighted by Crippen LogP contribution is 2.34. The maximum absolute atomic E-state index is 14.2. The van der Waals surface area contributed by atoms with Crippen LogP contribution in [0.2, 0.25) is 0 Å². The molecule has 1 aliphatic rings. The second kappa shape index (κ2) is 8.63. The van der Waals surface area contributed by atoms with E-state index in [0.29, 0.717) is 29.3 Å². The third kappa shape index (κ3) is 4.50. The summed E-state index contributed by atoms with van der Waals surface area (Å²) in [7, 11) is 1.75. The van der Waals surface area contributed by atoms with Crippen LogP contribution >= 0.6 is 27.5 Å². The largest absolute Gasteiger partial charge is 0.337 e. The number of nitrogens with one attached hydrogen (secondary N) is 1. The van der Waals surface area contributed by atoms with Crippen LogP contribution in [0.15, 0.2) is 51.7 Å². The molecular formula is C18H19BrClF2N3. The molecular weight excluding hydrogens is 412 g/mol. The van der Waals surface area contributed by atoms with Crippen molar-refractivity contribution >= 4 is 38.9 Å². The van der Waals surface area contributed by atoms with E-state index in [4.69, 9.17) is 11.6 Å². The van der Waals surface area contributed by atoms with Crippen LogP contribution in [0, 0.1) is 6.92 Å². The molecule has 0 bridgehead atoms. The van der Waals surface area contributed by atoms with Crippen molar-refractivity contribution in [1.29, 1.82) is 0 Å². The number of halogens is 4. The van der Waals surface area contributed by atoms with Gasteiger partial charge in [-0.3, -0.25) is 4.68 Å². The molecule has 0 aliphatic heterocycles. The summed E-state index contributed by atoms with van der Waals surface area (Å²) in [5.41, 5.74) is 2.39. The van der Waals surface area contributed by atoms with E-state index in [1.54, 1.807) is 35.8 Å². The summed E-state index contributed by atoms with van der Waals surface area (Å²) in [5.74, 6) is -0.0700. The van der Waals surface area contributed by atoms with E-state index in [1.807, 2.05) is 6.92 Å². The fourth-order valence-electron chi connectivity index (χ4n) is 2.52. The van der Waals surface area contributed by atoms with Gasteiger partial charge in [0.15, 0.2) is 0 Å². The van der Waals surface area contributed by atoms with Crippen molar-refractivity contribution in [3.05, 3.63) is 62.9 Å². The third-order valence-corrected chi connectivity index (χ3v) is 4.60. The van der Waals surface area contributed by atoms with Crippen molar-refractivity contribution < 1.29 is 8.78 Å². The molecule has 1 heterocycles. The minimum Gasteiger partial charge on any atom is -0.337 e. The first-order chi connectivity index (χ1) is 11.9. The molecule has 1 aliphatic carbocycles. The normalized spacial score (nSPS) is 16.7. The Kier molecular flexibility index (Phi) is 6.79. The molecule has 0 aromatic carbocycles. The molecule has 1 aromatic rings. The Bertz CT molecular complexity index is 817. The van der Waals surface area contributed by atoms with Gasteiger partial charge in [0, 0.05) is 19.0 Å². The van der Waals surface area contributed by atoms with Crippen LogP contribution in [0.3, 0.4) is 0 Å². The number of rotatable bonds is 5. The van der Waals surface area contributed by atoms with E-state index < -0.39 is 0 Å². The van der Waals surface area contributed by atoms with Crippen LogP contribution in [0.1, 0.15) is 31.0 Å². The Morgan fingerprint density at radius 2 is 2.16 bits per heavy atom. The Hall–Kier alpha value is -1.66. The second-order valence-corrected chi connectivity index (χ2v) is 6.36. The molecule has 0 spiro atoms. The van der Waals surface area contributed by atoms with Gasteiger partial charge in [0.25, 0.3) is 0 Å². The van der Waals surface area contributed by atoms with Crippen molar-refractivity contribution in [2.24, 2.45) is 7.05 Å². The standard InChI is InChI=1S/C18H19BrClF2N3/c1-4-13(21)9-8-12(10-19)16-11(2)24-25(3)18(16)23-17-14(20)6-5-7-15(17)22/h4,6,8-10,23H,5,7H2,1-3H3/b9-8-,12-10-,13-4+. The number of aromatic nitrogens is 2. The predicted octanol–water partition coefficient (Wildman–Crippen LogP) is 6.40. The van der Waals surface area contributed by atoms with Crippen molar-refractivity contribution in [3.8, 4) is 0 Å². The molecule has 0 fully saturated rings. The molecule has 0 radical (unpaired) electrons. The molecule has 134 valence electrons. The summed E-state index contributed by atoms with van der Waals surface area (Å²) in [6.45, 7) is 3.45. The monoisotopic (exact) mass is 429 g/mol. The number of nitrogens with zero attached hydrogens (tertiary/aromatic N) is 2. The quantitative estimate of drug-likeness (QED) is 0.547. The number of hydrogen-bond acceptors (Lipinski definition) is 2. The molecule has 2 rings (SSSR count). The van der Waals surface area contributed by atoms with Crippen LogP contribution in [0.4, 0.5) is 14.6 Å². The SMILES string of the molecule is C\C=C(F)/C=C\C(=C\Br)c1c(C)nn(C)c1NC1=C(F)CCC=C1Cl. The summed E-state index contributed by atoms with van der Waals surface area (Å²) >= 11 is 9.46. The van der Waals surface area contributed by atoms with E-state index in [0.717, 1.165) is 11.3 Å². The van der Waals surface area contributed by atoms with Crippen molar-refractivity contribution in [2.75, 3.05) is 5.32 Å². The zero-order valence-corrected chi connectivity index (χ0v) is 16.5. The van der Waals surface area contributed by atoms with Crippen molar-refractivity contribution in [2.45, 2.75) is 26.7 Å². The fourth-order valence-corrected chi connectivity index (χ4v) is 3.16. The van der Waals surface area contributed by atoms with Crippen LogP contribution in [0.25, 0.3) is 5.57 Å². The Morgan fingerprint density at radius 1 is 1.44 bits per heavy atom. The van der Waals surface area contributed by atoms with Gasteiger partial charge in [-0.25, -0.2) is 8.78 Å². The molecule has 0 amide bonds. The lowest BCUT2D eigenvalue weighted by atomic mass is 10.1. The van der Waals surface area contributed by atoms with Gasteiger partial charge in [-0.15, -0.1) is 0 Å². The summed E-state index contributed by atoms with van der Waals surface area (Å²) in [4.78, 5) is 1.67. The molecule has 1 N–H and O–H groups in total. The van der Waals surface area contributed by atoms with E-state index in [-0.39, 0.29) is 17.4 Å². The van der Waals surface area contributed by atoms with Gasteiger partial charge in [0.05, 0.1) is 16.4 Å². The van der Waals surface area contributed by atoms with Gasteiger partial charge in [0.2, 0.25) is 0 Å². The minimum atomic E-state index is -0.352. The Labute approximate surface area is 159 Å². The van der Waals surface area contributed by atoms with Gasteiger partial charge < -0.3 is 5.32 Å². The van der Waals surface area contributed by atoms with Crippen LogP contribution < -0.4 is 5.32 Å². The molecule has 0 saturated carbocycles. The molecule has 0 saturated heterocycles. The van der Waals surface area contributed by atoms with E-state index in [2.05, 4.69) is 26.3 Å². The molecule has 7 heteroatoms. The maximum atomic E-state index is 14.2. The summed E-state index contributed by atoms with van der Waals surface area (Å²) < 4.78 is 29.3. The van der Waals surface area contributed by atoms with Crippen molar-refractivity contribution in [3.63, 3.8) is 0 Å². The topological polar surface area (TPSA) is 29.9 Å².